The van der Waals surface area contributed by atoms with Crippen LogP contribution >= 0.6 is 0 Å². The summed E-state index contributed by atoms with van der Waals surface area (Å²) in [7, 11) is 0. The van der Waals surface area contributed by atoms with Gasteiger partial charge in [-0.2, -0.15) is 13.2 Å². The fraction of sp³-hybridized carbons (Fsp3) is 0.455. The van der Waals surface area contributed by atoms with Crippen LogP contribution in [0, 0.1) is 0 Å². The summed E-state index contributed by atoms with van der Waals surface area (Å²) in [6.45, 7) is 2.10. The summed E-state index contributed by atoms with van der Waals surface area (Å²) in [5, 5.41) is 19.0. The Balaban J connectivity index is 2.40. The number of unbranched alkanes of at least 4 members (excludes halogenated alkanes) is 5. The van der Waals surface area contributed by atoms with Gasteiger partial charge in [-0.05, 0) is 41.8 Å². The summed E-state index contributed by atoms with van der Waals surface area (Å²) in [6, 6.07) is 10.5. The van der Waals surface area contributed by atoms with Gasteiger partial charge in [0, 0.05) is 0 Å². The van der Waals surface area contributed by atoms with Gasteiger partial charge < -0.3 is 10.2 Å². The quantitative estimate of drug-likeness (QED) is 0.475. The summed E-state index contributed by atoms with van der Waals surface area (Å²) in [5.74, 6) is -0.139. The second kappa shape index (κ2) is 9.16. The minimum absolute atomic E-state index is 0.0694. The van der Waals surface area contributed by atoms with Crippen molar-refractivity contribution in [2.75, 3.05) is 0 Å². The van der Waals surface area contributed by atoms with Crippen molar-refractivity contribution in [1.29, 1.82) is 0 Å². The monoisotopic (exact) mass is 380 g/mol. The molecular weight excluding hydrogens is 353 g/mol. The number of phenols is 2. The number of halogens is 3. The van der Waals surface area contributed by atoms with E-state index in [9.17, 15) is 23.4 Å². The van der Waals surface area contributed by atoms with E-state index in [1.807, 2.05) is 0 Å². The highest BCUT2D eigenvalue weighted by Gasteiger charge is 2.56. The molecule has 2 rings (SSSR count). The molecule has 5 heteroatoms. The van der Waals surface area contributed by atoms with E-state index in [2.05, 4.69) is 6.92 Å². The Labute approximate surface area is 158 Å². The molecule has 2 aromatic rings. The Morgan fingerprint density at radius 1 is 0.667 bits per heavy atom. The molecule has 0 heterocycles. The standard InChI is InChI=1S/C22H27F3O2/c1-2-3-4-5-6-7-16-21(22(23,24)25,17-8-12-19(26)13-9-17)18-10-14-20(27)15-11-18/h8-15,26-27H,2-7,16H2,1H3. The average Bonchev–Trinajstić information content (AvgIpc) is 2.62. The van der Waals surface area contributed by atoms with Crippen LogP contribution in [0.3, 0.4) is 0 Å². The minimum atomic E-state index is -4.51. The predicted molar refractivity (Wildman–Crippen MR) is 101 cm³/mol. The van der Waals surface area contributed by atoms with Crippen LogP contribution in [0.25, 0.3) is 0 Å². The van der Waals surface area contributed by atoms with Gasteiger partial charge in [0.1, 0.15) is 16.9 Å². The number of rotatable bonds is 9. The molecule has 148 valence electrons. The average molecular weight is 380 g/mol. The zero-order valence-corrected chi connectivity index (χ0v) is 15.6. The first-order valence-corrected chi connectivity index (χ1v) is 9.47. The van der Waals surface area contributed by atoms with Crippen molar-refractivity contribution in [3.63, 3.8) is 0 Å². The molecule has 0 aromatic heterocycles. The third kappa shape index (κ3) is 4.96. The third-order valence-electron chi connectivity index (χ3n) is 5.11. The van der Waals surface area contributed by atoms with Crippen molar-refractivity contribution < 1.29 is 23.4 Å². The van der Waals surface area contributed by atoms with Crippen LogP contribution in [0.1, 0.15) is 63.0 Å². The molecule has 2 N–H and O–H groups in total. The molecule has 0 bridgehead atoms. The van der Waals surface area contributed by atoms with Crippen molar-refractivity contribution in [3.8, 4) is 11.5 Å². The highest BCUT2D eigenvalue weighted by atomic mass is 19.4. The van der Waals surface area contributed by atoms with Crippen molar-refractivity contribution in [3.05, 3.63) is 59.7 Å². The van der Waals surface area contributed by atoms with Crippen LogP contribution in [-0.2, 0) is 5.41 Å². The van der Waals surface area contributed by atoms with Gasteiger partial charge in [0.2, 0.25) is 0 Å². The molecule has 0 atom stereocenters. The Hall–Kier alpha value is -2.17. The summed E-state index contributed by atoms with van der Waals surface area (Å²) >= 11 is 0. The van der Waals surface area contributed by atoms with Crippen molar-refractivity contribution in [2.24, 2.45) is 0 Å². The Morgan fingerprint density at radius 3 is 1.48 bits per heavy atom. The number of hydrogen-bond donors (Lipinski definition) is 2. The van der Waals surface area contributed by atoms with Gasteiger partial charge in [-0.1, -0.05) is 69.7 Å². The molecule has 27 heavy (non-hydrogen) atoms. The zero-order chi connectivity index (χ0) is 19.9. The molecule has 0 aliphatic rings. The smallest absolute Gasteiger partial charge is 0.402 e. The molecule has 0 aliphatic heterocycles. The Morgan fingerprint density at radius 2 is 1.07 bits per heavy atom. The number of aromatic hydroxyl groups is 2. The summed E-state index contributed by atoms with van der Waals surface area (Å²) < 4.78 is 43.4. The number of phenolic OH excluding ortho intramolecular Hbond substituents is 2. The molecule has 0 spiro atoms. The van der Waals surface area contributed by atoms with Crippen LogP contribution in [0.15, 0.2) is 48.5 Å². The molecule has 0 radical (unpaired) electrons. The molecule has 2 nitrogen and oxygen atoms in total. The SMILES string of the molecule is CCCCCCCCC(c1ccc(O)cc1)(c1ccc(O)cc1)C(F)(F)F. The fourth-order valence-electron chi connectivity index (χ4n) is 3.59. The molecular formula is C22H27F3O2. The number of alkyl halides is 3. The Bertz CT molecular complexity index is 645. The molecule has 0 amide bonds. The van der Waals surface area contributed by atoms with Crippen LogP contribution in [-0.4, -0.2) is 16.4 Å². The lowest BCUT2D eigenvalue weighted by molar-refractivity contribution is -0.180. The maximum atomic E-state index is 14.5. The molecule has 0 aliphatic carbocycles. The highest BCUT2D eigenvalue weighted by Crippen LogP contribution is 2.50. The van der Waals surface area contributed by atoms with Gasteiger partial charge in [-0.15, -0.1) is 0 Å². The lowest BCUT2D eigenvalue weighted by Crippen LogP contribution is -2.43. The van der Waals surface area contributed by atoms with Crippen LogP contribution in [0.4, 0.5) is 13.2 Å². The van der Waals surface area contributed by atoms with Crippen molar-refractivity contribution in [1.82, 2.24) is 0 Å². The molecule has 0 fully saturated rings. The maximum Gasteiger partial charge on any atom is 0.402 e. The van der Waals surface area contributed by atoms with E-state index >= 15 is 0 Å². The van der Waals surface area contributed by atoms with Gasteiger partial charge in [-0.25, -0.2) is 0 Å². The normalized spacial score (nSPS) is 12.3. The molecule has 2 aromatic carbocycles. The zero-order valence-electron chi connectivity index (χ0n) is 15.6. The van der Waals surface area contributed by atoms with Gasteiger partial charge in [-0.3, -0.25) is 0 Å². The Kier molecular flexibility index (Phi) is 7.17. The second-order valence-corrected chi connectivity index (χ2v) is 7.01. The first kappa shape index (κ1) is 21.1. The van der Waals surface area contributed by atoms with Crippen LogP contribution in [0.5, 0.6) is 11.5 Å². The minimum Gasteiger partial charge on any atom is -0.508 e. The number of benzene rings is 2. The first-order valence-electron chi connectivity index (χ1n) is 9.47. The molecule has 0 unspecified atom stereocenters. The van der Waals surface area contributed by atoms with E-state index in [0.29, 0.717) is 6.42 Å². The van der Waals surface area contributed by atoms with E-state index in [4.69, 9.17) is 0 Å². The summed E-state index contributed by atoms with van der Waals surface area (Å²) in [4.78, 5) is 0. The van der Waals surface area contributed by atoms with Crippen molar-refractivity contribution in [2.45, 2.75) is 63.5 Å². The van der Waals surface area contributed by atoms with Gasteiger partial charge in [0.25, 0.3) is 0 Å². The molecule has 0 saturated heterocycles. The van der Waals surface area contributed by atoms with Gasteiger partial charge in [0.05, 0.1) is 0 Å². The van der Waals surface area contributed by atoms with Gasteiger partial charge >= 0.3 is 6.18 Å². The summed E-state index contributed by atoms with van der Waals surface area (Å²) in [6.07, 6.45) is 0.760. The lowest BCUT2D eigenvalue weighted by Gasteiger charge is -2.37. The second-order valence-electron chi connectivity index (χ2n) is 7.01. The van der Waals surface area contributed by atoms with E-state index in [1.54, 1.807) is 0 Å². The maximum absolute atomic E-state index is 14.5. The number of hydrogen-bond acceptors (Lipinski definition) is 2. The predicted octanol–water partition coefficient (Wildman–Crippen LogP) is 6.70. The van der Waals surface area contributed by atoms with Gasteiger partial charge in [0.15, 0.2) is 0 Å². The largest absolute Gasteiger partial charge is 0.508 e. The third-order valence-corrected chi connectivity index (χ3v) is 5.11. The van der Waals surface area contributed by atoms with E-state index in [0.717, 1.165) is 32.1 Å². The van der Waals surface area contributed by atoms with E-state index in [-0.39, 0.29) is 29.0 Å². The lowest BCUT2D eigenvalue weighted by atomic mass is 9.70. The topological polar surface area (TPSA) is 40.5 Å². The highest BCUT2D eigenvalue weighted by molar-refractivity contribution is 5.44. The summed E-state index contributed by atoms with van der Waals surface area (Å²) in [5.41, 5.74) is -1.96. The first-order chi connectivity index (χ1) is 12.8. The van der Waals surface area contributed by atoms with E-state index < -0.39 is 11.6 Å². The van der Waals surface area contributed by atoms with Crippen LogP contribution < -0.4 is 0 Å². The van der Waals surface area contributed by atoms with Crippen LogP contribution in [0.2, 0.25) is 0 Å². The molecule has 0 saturated carbocycles. The van der Waals surface area contributed by atoms with E-state index in [1.165, 1.54) is 48.5 Å². The fourth-order valence-corrected chi connectivity index (χ4v) is 3.59. The van der Waals surface area contributed by atoms with Crippen molar-refractivity contribution >= 4 is 0 Å².